The highest BCUT2D eigenvalue weighted by atomic mass is 32.1. The summed E-state index contributed by atoms with van der Waals surface area (Å²) in [6.07, 6.45) is 7.06. The molecule has 1 aromatic rings. The average Bonchev–Trinajstić information content (AvgIpc) is 2.94. The first-order chi connectivity index (χ1) is 10.1. The van der Waals surface area contributed by atoms with Gasteiger partial charge in [0.2, 0.25) is 5.91 Å². The van der Waals surface area contributed by atoms with Crippen LogP contribution in [0.25, 0.3) is 0 Å². The van der Waals surface area contributed by atoms with Gasteiger partial charge in [0.25, 0.3) is 0 Å². The molecule has 2 aliphatic carbocycles. The number of thiophene rings is 1. The van der Waals surface area contributed by atoms with Crippen LogP contribution < -0.4 is 5.32 Å². The molecule has 1 N–H and O–H groups in total. The van der Waals surface area contributed by atoms with Crippen LogP contribution in [0.4, 0.5) is 0 Å². The van der Waals surface area contributed by atoms with E-state index < -0.39 is 0 Å². The molecule has 4 heteroatoms. The average molecular weight is 304 g/mol. The molecular weight excluding hydrogens is 280 g/mol. The molecule has 0 radical (unpaired) electrons. The first kappa shape index (κ1) is 13.8. The summed E-state index contributed by atoms with van der Waals surface area (Å²) in [5.74, 6) is 1.09. The van der Waals surface area contributed by atoms with Gasteiger partial charge in [0.05, 0.1) is 5.54 Å². The first-order valence-electron chi connectivity index (χ1n) is 8.27. The third-order valence-corrected chi connectivity index (χ3v) is 6.62. The Bertz CT molecular complexity index is 557. The van der Waals surface area contributed by atoms with Crippen LogP contribution in [-0.4, -0.2) is 22.4 Å². The zero-order valence-electron chi connectivity index (χ0n) is 12.9. The monoisotopic (exact) mass is 304 g/mol. The number of nitrogens with zero attached hydrogens (tertiary/aromatic N) is 1. The Morgan fingerprint density at radius 1 is 1.33 bits per heavy atom. The highest BCUT2D eigenvalue weighted by Gasteiger charge is 2.55. The highest BCUT2D eigenvalue weighted by Crippen LogP contribution is 2.46. The summed E-state index contributed by atoms with van der Waals surface area (Å²) >= 11 is 1.83. The van der Waals surface area contributed by atoms with Gasteiger partial charge in [-0.3, -0.25) is 10.1 Å². The summed E-state index contributed by atoms with van der Waals surface area (Å²) in [6.45, 7) is 4.39. The van der Waals surface area contributed by atoms with Gasteiger partial charge in [0, 0.05) is 15.8 Å². The number of rotatable bonds is 3. The third-order valence-electron chi connectivity index (χ3n) is 5.57. The van der Waals surface area contributed by atoms with Gasteiger partial charge in [0.15, 0.2) is 0 Å². The molecule has 1 amide bonds. The van der Waals surface area contributed by atoms with Crippen LogP contribution in [0.1, 0.15) is 61.4 Å². The molecule has 3 aliphatic rings. The molecular formula is C17H24N2OS. The maximum absolute atomic E-state index is 13.2. The van der Waals surface area contributed by atoms with Gasteiger partial charge in [-0.2, -0.15) is 0 Å². The fraction of sp³-hybridized carbons (Fsp3) is 0.706. The summed E-state index contributed by atoms with van der Waals surface area (Å²) in [5.41, 5.74) is -0.258. The van der Waals surface area contributed by atoms with Gasteiger partial charge < -0.3 is 4.90 Å². The summed E-state index contributed by atoms with van der Waals surface area (Å²) in [6, 6.07) is 4.74. The number of carbonyl (C=O) groups excluding carboxylic acids is 1. The standard InChI is InChI=1S/C17H24N2OS/c1-11-5-8-14(21-11)15-18-17(9-3-4-10-17)16(20)19(15)12(2)13-6-7-13/h5,8,12-13,15,18H,3-4,6-7,9-10H2,1-2H3. The van der Waals surface area contributed by atoms with Crippen LogP contribution in [0.3, 0.4) is 0 Å². The molecule has 2 saturated carbocycles. The lowest BCUT2D eigenvalue weighted by atomic mass is 9.97. The van der Waals surface area contributed by atoms with E-state index in [1.165, 1.54) is 35.4 Å². The minimum absolute atomic E-state index is 0.102. The number of carbonyl (C=O) groups is 1. The predicted octanol–water partition coefficient (Wildman–Crippen LogP) is 3.60. The summed E-state index contributed by atoms with van der Waals surface area (Å²) in [7, 11) is 0. The molecule has 1 aromatic heterocycles. The van der Waals surface area contributed by atoms with Crippen molar-refractivity contribution in [3.05, 3.63) is 21.9 Å². The van der Waals surface area contributed by atoms with Crippen LogP contribution in [-0.2, 0) is 4.79 Å². The molecule has 1 spiro atoms. The van der Waals surface area contributed by atoms with Crippen LogP contribution in [0.5, 0.6) is 0 Å². The SMILES string of the molecule is Cc1ccc(C2NC3(CCCC3)C(=O)N2C(C)C2CC2)s1. The van der Waals surface area contributed by atoms with Crippen LogP contribution >= 0.6 is 11.3 Å². The van der Waals surface area contributed by atoms with Crippen LogP contribution in [0.15, 0.2) is 12.1 Å². The topological polar surface area (TPSA) is 32.3 Å². The molecule has 4 rings (SSSR count). The molecule has 1 saturated heterocycles. The second-order valence-corrected chi connectivity index (χ2v) is 8.39. The predicted molar refractivity (Wildman–Crippen MR) is 85.2 cm³/mol. The van der Waals surface area contributed by atoms with E-state index in [0.717, 1.165) is 18.8 Å². The van der Waals surface area contributed by atoms with E-state index in [-0.39, 0.29) is 11.7 Å². The number of nitrogens with one attached hydrogen (secondary N) is 1. The molecule has 21 heavy (non-hydrogen) atoms. The van der Waals surface area contributed by atoms with Crippen molar-refractivity contribution in [2.24, 2.45) is 5.92 Å². The normalized spacial score (nSPS) is 29.5. The first-order valence-corrected chi connectivity index (χ1v) is 9.09. The third kappa shape index (κ3) is 2.15. The minimum atomic E-state index is -0.258. The largest absolute Gasteiger partial charge is 0.317 e. The Hall–Kier alpha value is -0.870. The van der Waals surface area contributed by atoms with Crippen molar-refractivity contribution in [2.75, 3.05) is 0 Å². The maximum Gasteiger partial charge on any atom is 0.244 e. The Labute approximate surface area is 130 Å². The summed E-state index contributed by atoms with van der Waals surface area (Å²) < 4.78 is 0. The van der Waals surface area contributed by atoms with E-state index >= 15 is 0 Å². The highest BCUT2D eigenvalue weighted by molar-refractivity contribution is 7.12. The van der Waals surface area contributed by atoms with Crippen LogP contribution in [0.2, 0.25) is 0 Å². The lowest BCUT2D eigenvalue weighted by Gasteiger charge is -2.30. The quantitative estimate of drug-likeness (QED) is 0.925. The van der Waals surface area contributed by atoms with Gasteiger partial charge in [-0.15, -0.1) is 11.3 Å². The lowest BCUT2D eigenvalue weighted by Crippen LogP contribution is -2.45. The van der Waals surface area contributed by atoms with E-state index in [0.29, 0.717) is 11.9 Å². The second-order valence-electron chi connectivity index (χ2n) is 7.07. The van der Waals surface area contributed by atoms with Gasteiger partial charge in [-0.05, 0) is 57.6 Å². The van der Waals surface area contributed by atoms with Crippen molar-refractivity contribution in [3.8, 4) is 0 Å². The molecule has 2 heterocycles. The van der Waals surface area contributed by atoms with E-state index in [9.17, 15) is 4.79 Å². The zero-order chi connectivity index (χ0) is 14.6. The molecule has 0 bridgehead atoms. The second kappa shape index (κ2) is 4.82. The number of hydrogen-bond acceptors (Lipinski definition) is 3. The zero-order valence-corrected chi connectivity index (χ0v) is 13.7. The van der Waals surface area contributed by atoms with Gasteiger partial charge in [0.1, 0.15) is 6.17 Å². The molecule has 3 fully saturated rings. The minimum Gasteiger partial charge on any atom is -0.317 e. The van der Waals surface area contributed by atoms with Crippen LogP contribution in [0, 0.1) is 12.8 Å². The Morgan fingerprint density at radius 3 is 2.62 bits per heavy atom. The van der Waals surface area contributed by atoms with Crippen molar-refractivity contribution in [1.82, 2.24) is 10.2 Å². The van der Waals surface area contributed by atoms with Crippen molar-refractivity contribution in [2.45, 2.75) is 70.1 Å². The molecule has 2 unspecified atom stereocenters. The van der Waals surface area contributed by atoms with Crippen molar-refractivity contribution in [1.29, 1.82) is 0 Å². The van der Waals surface area contributed by atoms with E-state index in [4.69, 9.17) is 0 Å². The molecule has 114 valence electrons. The summed E-state index contributed by atoms with van der Waals surface area (Å²) in [4.78, 5) is 18.0. The van der Waals surface area contributed by atoms with Crippen molar-refractivity contribution >= 4 is 17.2 Å². The summed E-state index contributed by atoms with van der Waals surface area (Å²) in [5, 5.41) is 3.75. The van der Waals surface area contributed by atoms with Gasteiger partial charge >= 0.3 is 0 Å². The fourth-order valence-corrected chi connectivity index (χ4v) is 5.06. The number of hydrogen-bond donors (Lipinski definition) is 1. The molecule has 0 aromatic carbocycles. The Kier molecular flexibility index (Phi) is 3.16. The Balaban J connectivity index is 1.70. The van der Waals surface area contributed by atoms with Crippen molar-refractivity contribution < 1.29 is 4.79 Å². The van der Waals surface area contributed by atoms with E-state index in [2.05, 4.69) is 36.2 Å². The number of amides is 1. The smallest absolute Gasteiger partial charge is 0.244 e. The van der Waals surface area contributed by atoms with E-state index in [1.54, 1.807) is 0 Å². The molecule has 3 nitrogen and oxygen atoms in total. The lowest BCUT2D eigenvalue weighted by molar-refractivity contribution is -0.135. The molecule has 1 aliphatic heterocycles. The Morgan fingerprint density at radius 2 is 2.05 bits per heavy atom. The fourth-order valence-electron chi connectivity index (χ4n) is 4.13. The van der Waals surface area contributed by atoms with E-state index in [1.807, 2.05) is 11.3 Å². The van der Waals surface area contributed by atoms with Gasteiger partial charge in [-0.1, -0.05) is 12.8 Å². The maximum atomic E-state index is 13.2. The number of aryl methyl sites for hydroxylation is 1. The van der Waals surface area contributed by atoms with Crippen molar-refractivity contribution in [3.63, 3.8) is 0 Å². The van der Waals surface area contributed by atoms with Gasteiger partial charge in [-0.25, -0.2) is 0 Å². The molecule has 2 atom stereocenters.